The van der Waals surface area contributed by atoms with E-state index in [1.807, 2.05) is 6.92 Å². The molecule has 6 rings (SSSR count). The second-order valence-corrected chi connectivity index (χ2v) is 12.7. The third-order valence-electron chi connectivity index (χ3n) is 9.02. The van der Waals surface area contributed by atoms with Gasteiger partial charge in [-0.3, -0.25) is 39.4 Å². The van der Waals surface area contributed by atoms with Crippen LogP contribution in [-0.2, 0) is 35.7 Å². The SMILES string of the molecule is CCCCN(Cc1ccc(C(=O)NO)cc1)C(=O)Nc1ccc(OCn2cc(CCc3cccc4c3C(=O)N(C3CCC(=O)NC3=O)C4=O)nn2)cc1. The number of nitrogens with one attached hydrogen (secondary N) is 3. The maximum atomic E-state index is 13.4. The molecule has 1 atom stereocenters. The Labute approximate surface area is 304 Å². The van der Waals surface area contributed by atoms with Gasteiger partial charge >= 0.3 is 6.03 Å². The number of piperidine rings is 1. The lowest BCUT2D eigenvalue weighted by Gasteiger charge is -2.27. The number of ether oxygens (including phenoxy) is 1. The van der Waals surface area contributed by atoms with E-state index >= 15 is 0 Å². The van der Waals surface area contributed by atoms with Crippen LogP contribution in [0.5, 0.6) is 5.75 Å². The van der Waals surface area contributed by atoms with Crippen molar-refractivity contribution in [2.24, 2.45) is 0 Å². The van der Waals surface area contributed by atoms with Crippen molar-refractivity contribution in [1.82, 2.24) is 35.6 Å². The summed E-state index contributed by atoms with van der Waals surface area (Å²) in [5, 5.41) is 22.3. The molecule has 3 aromatic carbocycles. The van der Waals surface area contributed by atoms with E-state index in [0.29, 0.717) is 54.2 Å². The number of imide groups is 2. The third kappa shape index (κ3) is 8.39. The van der Waals surface area contributed by atoms with Crippen LogP contribution >= 0.6 is 0 Å². The normalized spacial score (nSPS) is 15.2. The van der Waals surface area contributed by atoms with Gasteiger partial charge in [-0.2, -0.15) is 0 Å². The van der Waals surface area contributed by atoms with Gasteiger partial charge in [0, 0.05) is 30.8 Å². The van der Waals surface area contributed by atoms with Gasteiger partial charge in [0.05, 0.1) is 23.0 Å². The second-order valence-electron chi connectivity index (χ2n) is 12.7. The lowest BCUT2D eigenvalue weighted by Crippen LogP contribution is -2.54. The molecule has 1 saturated heterocycles. The molecular weight excluding hydrogens is 684 g/mol. The molecule has 53 heavy (non-hydrogen) atoms. The van der Waals surface area contributed by atoms with E-state index in [1.165, 1.54) is 4.68 Å². The zero-order valence-corrected chi connectivity index (χ0v) is 28.9. The topological polar surface area (TPSA) is 205 Å². The van der Waals surface area contributed by atoms with Gasteiger partial charge in [-0.15, -0.1) is 5.10 Å². The number of urea groups is 1. The predicted molar refractivity (Wildman–Crippen MR) is 188 cm³/mol. The average molecular weight is 723 g/mol. The van der Waals surface area contributed by atoms with E-state index in [4.69, 9.17) is 9.94 Å². The Morgan fingerprint density at radius 3 is 2.49 bits per heavy atom. The summed E-state index contributed by atoms with van der Waals surface area (Å²) in [6.45, 7) is 2.98. The molecule has 16 heteroatoms. The number of hydrogen-bond acceptors (Lipinski definition) is 10. The number of rotatable bonds is 14. The number of aromatic nitrogens is 3. The number of hydroxylamine groups is 1. The minimum absolute atomic E-state index is 0.0493. The van der Waals surface area contributed by atoms with Gasteiger partial charge in [0.15, 0.2) is 6.73 Å². The highest BCUT2D eigenvalue weighted by Gasteiger charge is 2.45. The van der Waals surface area contributed by atoms with Gasteiger partial charge in [0.1, 0.15) is 11.8 Å². The fourth-order valence-electron chi connectivity index (χ4n) is 6.20. The standard InChI is InChI=1S/C37H38N8O8/c1-2-3-19-43(20-23-7-9-25(10-8-23)33(47)41-52)37(51)38-26-13-15-28(16-14-26)53-22-44-21-27(40-42-44)12-11-24-5-4-6-29-32(24)36(50)45(35(29)49)30-17-18-31(46)39-34(30)48/h4-10,13-16,21,30,52H,2-3,11-12,17-20,22H2,1H3,(H,38,51)(H,41,47)(H,39,46,48). The number of carbonyl (C=O) groups excluding carboxylic acids is 6. The summed E-state index contributed by atoms with van der Waals surface area (Å²) in [5.74, 6) is -2.25. The molecule has 0 radical (unpaired) electrons. The summed E-state index contributed by atoms with van der Waals surface area (Å²) >= 11 is 0. The Hall–Kier alpha value is -6.42. The molecule has 2 aliphatic rings. The molecule has 0 aliphatic carbocycles. The molecule has 0 bridgehead atoms. The smallest absolute Gasteiger partial charge is 0.322 e. The fourth-order valence-corrected chi connectivity index (χ4v) is 6.20. The maximum absolute atomic E-state index is 13.4. The molecule has 4 N–H and O–H groups in total. The van der Waals surface area contributed by atoms with Crippen molar-refractivity contribution in [3.8, 4) is 5.75 Å². The molecule has 1 unspecified atom stereocenters. The van der Waals surface area contributed by atoms with Crippen LogP contribution in [0.3, 0.4) is 0 Å². The molecule has 7 amide bonds. The Balaban J connectivity index is 1.01. The first kappa shape index (κ1) is 36.4. The maximum Gasteiger partial charge on any atom is 0.322 e. The van der Waals surface area contributed by atoms with E-state index in [-0.39, 0.29) is 36.7 Å². The van der Waals surface area contributed by atoms with Crippen molar-refractivity contribution in [3.63, 3.8) is 0 Å². The highest BCUT2D eigenvalue weighted by Crippen LogP contribution is 2.30. The first-order valence-corrected chi connectivity index (χ1v) is 17.2. The zero-order chi connectivity index (χ0) is 37.5. The molecule has 1 fully saturated rings. The van der Waals surface area contributed by atoms with Gasteiger partial charge in [-0.05, 0) is 79.3 Å². The fraction of sp³-hybridized carbons (Fsp3) is 0.297. The van der Waals surface area contributed by atoms with Gasteiger partial charge < -0.3 is 15.0 Å². The summed E-state index contributed by atoms with van der Waals surface area (Å²) in [4.78, 5) is 78.0. The zero-order valence-electron chi connectivity index (χ0n) is 28.9. The Kier molecular flexibility index (Phi) is 11.2. The molecular formula is C37H38N8O8. The summed E-state index contributed by atoms with van der Waals surface area (Å²) < 4.78 is 7.39. The van der Waals surface area contributed by atoms with Crippen LogP contribution < -0.4 is 20.9 Å². The Bertz CT molecular complexity index is 2030. The van der Waals surface area contributed by atoms with Crippen LogP contribution in [0.15, 0.2) is 72.9 Å². The largest absolute Gasteiger partial charge is 0.471 e. The van der Waals surface area contributed by atoms with Crippen molar-refractivity contribution < 1.29 is 38.7 Å². The summed E-state index contributed by atoms with van der Waals surface area (Å²) in [6, 6.07) is 17.3. The molecule has 4 aromatic rings. The highest BCUT2D eigenvalue weighted by molar-refractivity contribution is 6.24. The molecule has 1 aromatic heterocycles. The Morgan fingerprint density at radius 1 is 1.00 bits per heavy atom. The summed E-state index contributed by atoms with van der Waals surface area (Å²) in [7, 11) is 0. The van der Waals surface area contributed by atoms with E-state index in [2.05, 4.69) is 20.9 Å². The minimum Gasteiger partial charge on any atom is -0.471 e. The molecule has 2 aliphatic heterocycles. The van der Waals surface area contributed by atoms with Crippen LogP contribution in [-0.4, -0.2) is 78.2 Å². The van der Waals surface area contributed by atoms with Crippen LogP contribution in [0.25, 0.3) is 0 Å². The lowest BCUT2D eigenvalue weighted by molar-refractivity contribution is -0.136. The van der Waals surface area contributed by atoms with Crippen LogP contribution in [0.1, 0.15) is 80.5 Å². The van der Waals surface area contributed by atoms with Gasteiger partial charge in [0.25, 0.3) is 17.7 Å². The van der Waals surface area contributed by atoms with Crippen molar-refractivity contribution in [1.29, 1.82) is 0 Å². The van der Waals surface area contributed by atoms with Crippen LogP contribution in [0.2, 0.25) is 0 Å². The molecule has 274 valence electrons. The predicted octanol–water partition coefficient (Wildman–Crippen LogP) is 3.45. The number of nitrogens with zero attached hydrogens (tertiary/aromatic N) is 5. The van der Waals surface area contributed by atoms with Gasteiger partial charge in [-0.1, -0.05) is 42.8 Å². The number of carbonyl (C=O) groups is 6. The number of fused-ring (bicyclic) bond motifs is 1. The lowest BCUT2D eigenvalue weighted by atomic mass is 9.98. The molecule has 16 nitrogen and oxygen atoms in total. The second kappa shape index (κ2) is 16.3. The number of hydrogen-bond donors (Lipinski definition) is 4. The van der Waals surface area contributed by atoms with Gasteiger partial charge in [0.2, 0.25) is 11.8 Å². The quantitative estimate of drug-likeness (QED) is 0.0848. The highest BCUT2D eigenvalue weighted by atomic mass is 16.5. The first-order valence-electron chi connectivity index (χ1n) is 17.2. The first-order chi connectivity index (χ1) is 25.6. The number of aryl methyl sites for hydroxylation is 2. The third-order valence-corrected chi connectivity index (χ3v) is 9.02. The number of unbranched alkanes of at least 4 members (excludes halogenated alkanes) is 1. The van der Waals surface area contributed by atoms with Crippen LogP contribution in [0.4, 0.5) is 10.5 Å². The average Bonchev–Trinajstić information content (AvgIpc) is 3.73. The van der Waals surface area contributed by atoms with E-state index in [9.17, 15) is 28.8 Å². The van der Waals surface area contributed by atoms with Crippen LogP contribution in [0, 0.1) is 0 Å². The van der Waals surface area contributed by atoms with Crippen molar-refractivity contribution in [2.75, 3.05) is 11.9 Å². The molecule has 3 heterocycles. The Morgan fingerprint density at radius 2 is 1.77 bits per heavy atom. The van der Waals surface area contributed by atoms with E-state index in [1.54, 1.807) is 83.3 Å². The van der Waals surface area contributed by atoms with E-state index < -0.39 is 35.6 Å². The minimum atomic E-state index is -1.03. The summed E-state index contributed by atoms with van der Waals surface area (Å²) in [6.07, 6.45) is 4.40. The monoisotopic (exact) mass is 722 g/mol. The number of benzene rings is 3. The van der Waals surface area contributed by atoms with E-state index in [0.717, 1.165) is 23.3 Å². The van der Waals surface area contributed by atoms with Crippen molar-refractivity contribution in [2.45, 2.75) is 64.8 Å². The molecule has 0 saturated carbocycles. The number of amides is 7. The number of anilines is 1. The summed E-state index contributed by atoms with van der Waals surface area (Å²) in [5.41, 5.74) is 5.09. The molecule has 0 spiro atoms. The van der Waals surface area contributed by atoms with Gasteiger partial charge in [-0.25, -0.2) is 15.0 Å². The van der Waals surface area contributed by atoms with Crippen molar-refractivity contribution in [3.05, 3.63) is 106 Å². The van der Waals surface area contributed by atoms with Crippen molar-refractivity contribution >= 4 is 41.3 Å².